The largest absolute Gasteiger partial charge is 0.393 e. The van der Waals surface area contributed by atoms with Gasteiger partial charge in [0, 0.05) is 31.7 Å². The van der Waals surface area contributed by atoms with Crippen LogP contribution in [0.2, 0.25) is 0 Å². The SMILES string of the molecule is O=C(c1ccc(S(=O)(=O)N2CCC(O)CC2)cc1)N1CCCC(O)CC1. The lowest BCUT2D eigenvalue weighted by molar-refractivity contribution is 0.0753. The fourth-order valence-corrected chi connectivity index (χ4v) is 4.94. The van der Waals surface area contributed by atoms with Crippen molar-refractivity contribution in [1.82, 2.24) is 9.21 Å². The topological polar surface area (TPSA) is 98.2 Å². The van der Waals surface area contributed by atoms with Crippen molar-refractivity contribution in [2.24, 2.45) is 0 Å². The van der Waals surface area contributed by atoms with Crippen LogP contribution in [0, 0.1) is 0 Å². The Bertz CT molecular complexity index is 726. The van der Waals surface area contributed by atoms with Crippen LogP contribution in [0.1, 0.15) is 42.5 Å². The van der Waals surface area contributed by atoms with Crippen molar-refractivity contribution in [3.63, 3.8) is 0 Å². The Morgan fingerprint density at radius 1 is 0.885 bits per heavy atom. The van der Waals surface area contributed by atoms with Crippen molar-refractivity contribution >= 4 is 15.9 Å². The van der Waals surface area contributed by atoms with Gasteiger partial charge in [-0.1, -0.05) is 0 Å². The number of carbonyl (C=O) groups is 1. The van der Waals surface area contributed by atoms with E-state index in [9.17, 15) is 23.4 Å². The smallest absolute Gasteiger partial charge is 0.253 e. The van der Waals surface area contributed by atoms with E-state index in [2.05, 4.69) is 0 Å². The molecular weight excluding hydrogens is 356 g/mol. The number of benzene rings is 1. The molecule has 26 heavy (non-hydrogen) atoms. The van der Waals surface area contributed by atoms with Crippen LogP contribution in [0.5, 0.6) is 0 Å². The van der Waals surface area contributed by atoms with Gasteiger partial charge in [0.15, 0.2) is 0 Å². The second-order valence-electron chi connectivity index (χ2n) is 7.04. The minimum atomic E-state index is -3.60. The van der Waals surface area contributed by atoms with Crippen LogP contribution in [0.4, 0.5) is 0 Å². The molecule has 0 saturated carbocycles. The first-order valence-electron chi connectivity index (χ1n) is 9.13. The second kappa shape index (κ2) is 8.04. The summed E-state index contributed by atoms with van der Waals surface area (Å²) >= 11 is 0. The standard InChI is InChI=1S/C18H26N2O5S/c21-15-2-1-10-19(11-7-15)18(23)14-3-5-17(6-4-14)26(24,25)20-12-8-16(22)9-13-20/h3-6,15-16,21-22H,1-2,7-13H2. The van der Waals surface area contributed by atoms with Crippen molar-refractivity contribution in [2.45, 2.75) is 49.2 Å². The molecule has 0 spiro atoms. The Kier molecular flexibility index (Phi) is 5.96. The van der Waals surface area contributed by atoms with Gasteiger partial charge in [-0.3, -0.25) is 4.79 Å². The third-order valence-electron chi connectivity index (χ3n) is 5.15. The van der Waals surface area contributed by atoms with E-state index in [-0.39, 0.29) is 16.9 Å². The van der Waals surface area contributed by atoms with E-state index in [1.54, 1.807) is 17.0 Å². The van der Waals surface area contributed by atoms with Crippen LogP contribution in [0.25, 0.3) is 0 Å². The molecular formula is C18H26N2O5S. The zero-order chi connectivity index (χ0) is 18.7. The van der Waals surface area contributed by atoms with E-state index < -0.39 is 16.1 Å². The third kappa shape index (κ3) is 4.25. The van der Waals surface area contributed by atoms with Gasteiger partial charge in [0.1, 0.15) is 0 Å². The molecule has 2 aliphatic rings. The lowest BCUT2D eigenvalue weighted by Crippen LogP contribution is -2.40. The van der Waals surface area contributed by atoms with E-state index in [0.29, 0.717) is 57.4 Å². The van der Waals surface area contributed by atoms with Gasteiger partial charge in [-0.25, -0.2) is 8.42 Å². The number of amides is 1. The number of likely N-dealkylation sites (tertiary alicyclic amines) is 1. The molecule has 2 saturated heterocycles. The van der Waals surface area contributed by atoms with Crippen LogP contribution in [-0.4, -0.2) is 72.1 Å². The van der Waals surface area contributed by atoms with Gasteiger partial charge >= 0.3 is 0 Å². The lowest BCUT2D eigenvalue weighted by Gasteiger charge is -2.28. The first-order valence-corrected chi connectivity index (χ1v) is 10.6. The zero-order valence-electron chi connectivity index (χ0n) is 14.7. The molecule has 8 heteroatoms. The molecule has 1 aromatic rings. The van der Waals surface area contributed by atoms with Crippen LogP contribution in [0.15, 0.2) is 29.2 Å². The summed E-state index contributed by atoms with van der Waals surface area (Å²) in [5.41, 5.74) is 0.453. The number of aliphatic hydroxyl groups excluding tert-OH is 2. The number of carbonyl (C=O) groups excluding carboxylic acids is 1. The van der Waals surface area contributed by atoms with E-state index in [0.717, 1.165) is 6.42 Å². The Hall–Kier alpha value is -1.48. The van der Waals surface area contributed by atoms with Crippen molar-refractivity contribution < 1.29 is 23.4 Å². The normalized spacial score (nSPS) is 23.6. The Morgan fingerprint density at radius 3 is 2.12 bits per heavy atom. The minimum absolute atomic E-state index is 0.135. The summed E-state index contributed by atoms with van der Waals surface area (Å²) in [6.07, 6.45) is 2.12. The summed E-state index contributed by atoms with van der Waals surface area (Å²) in [4.78, 5) is 14.5. The maximum atomic E-state index is 12.7. The first kappa shape index (κ1) is 19.3. The highest BCUT2D eigenvalue weighted by Crippen LogP contribution is 2.22. The predicted molar refractivity (Wildman–Crippen MR) is 96.2 cm³/mol. The molecule has 0 radical (unpaired) electrons. The molecule has 2 fully saturated rings. The lowest BCUT2D eigenvalue weighted by atomic mass is 10.1. The van der Waals surface area contributed by atoms with Crippen molar-refractivity contribution in [3.8, 4) is 0 Å². The van der Waals surface area contributed by atoms with Crippen molar-refractivity contribution in [1.29, 1.82) is 0 Å². The molecule has 2 N–H and O–H groups in total. The molecule has 2 aliphatic heterocycles. The van der Waals surface area contributed by atoms with E-state index >= 15 is 0 Å². The number of aliphatic hydroxyl groups is 2. The van der Waals surface area contributed by atoms with Crippen LogP contribution >= 0.6 is 0 Å². The highest BCUT2D eigenvalue weighted by Gasteiger charge is 2.29. The summed E-state index contributed by atoms with van der Waals surface area (Å²) in [6.45, 7) is 1.72. The molecule has 1 atom stereocenters. The second-order valence-corrected chi connectivity index (χ2v) is 8.97. The molecule has 0 aliphatic carbocycles. The first-order chi connectivity index (χ1) is 12.4. The number of rotatable bonds is 3. The Labute approximate surface area is 154 Å². The molecule has 1 amide bonds. The number of nitrogens with zero attached hydrogens (tertiary/aromatic N) is 2. The quantitative estimate of drug-likeness (QED) is 0.807. The fourth-order valence-electron chi connectivity index (χ4n) is 3.47. The van der Waals surface area contributed by atoms with Crippen LogP contribution in [-0.2, 0) is 10.0 Å². The highest BCUT2D eigenvalue weighted by atomic mass is 32.2. The summed E-state index contributed by atoms with van der Waals surface area (Å²) < 4.78 is 26.7. The van der Waals surface area contributed by atoms with Gasteiger partial charge in [0.2, 0.25) is 10.0 Å². The van der Waals surface area contributed by atoms with Gasteiger partial charge in [-0.15, -0.1) is 0 Å². The maximum Gasteiger partial charge on any atom is 0.253 e. The molecule has 0 bridgehead atoms. The number of hydrogen-bond donors (Lipinski definition) is 2. The van der Waals surface area contributed by atoms with Gasteiger partial charge in [0.05, 0.1) is 17.1 Å². The van der Waals surface area contributed by atoms with Gasteiger partial charge in [0.25, 0.3) is 5.91 Å². The minimum Gasteiger partial charge on any atom is -0.393 e. The third-order valence-corrected chi connectivity index (χ3v) is 7.06. The summed E-state index contributed by atoms with van der Waals surface area (Å²) in [6, 6.07) is 6.05. The Balaban J connectivity index is 1.70. The number of sulfonamides is 1. The van der Waals surface area contributed by atoms with Crippen LogP contribution < -0.4 is 0 Å². The monoisotopic (exact) mass is 382 g/mol. The molecule has 2 heterocycles. The molecule has 3 rings (SSSR count). The average molecular weight is 382 g/mol. The van der Waals surface area contributed by atoms with E-state index in [1.807, 2.05) is 0 Å². The number of piperidine rings is 1. The van der Waals surface area contributed by atoms with Gasteiger partial charge in [-0.05, 0) is 56.4 Å². The van der Waals surface area contributed by atoms with Crippen molar-refractivity contribution in [2.75, 3.05) is 26.2 Å². The molecule has 0 aromatic heterocycles. The maximum absolute atomic E-state index is 12.7. The fraction of sp³-hybridized carbons (Fsp3) is 0.611. The number of hydrogen-bond acceptors (Lipinski definition) is 5. The highest BCUT2D eigenvalue weighted by molar-refractivity contribution is 7.89. The molecule has 7 nitrogen and oxygen atoms in total. The van der Waals surface area contributed by atoms with Crippen LogP contribution in [0.3, 0.4) is 0 Å². The zero-order valence-corrected chi connectivity index (χ0v) is 15.6. The molecule has 1 unspecified atom stereocenters. The van der Waals surface area contributed by atoms with Crippen molar-refractivity contribution in [3.05, 3.63) is 29.8 Å². The van der Waals surface area contributed by atoms with E-state index in [4.69, 9.17) is 0 Å². The Morgan fingerprint density at radius 2 is 1.46 bits per heavy atom. The predicted octanol–water partition coefficient (Wildman–Crippen LogP) is 0.819. The summed E-state index contributed by atoms with van der Waals surface area (Å²) in [5.74, 6) is -0.135. The van der Waals surface area contributed by atoms with Gasteiger partial charge < -0.3 is 15.1 Å². The van der Waals surface area contributed by atoms with Gasteiger partial charge in [-0.2, -0.15) is 4.31 Å². The molecule has 1 aromatic carbocycles. The van der Waals surface area contributed by atoms with E-state index in [1.165, 1.54) is 16.4 Å². The summed E-state index contributed by atoms with van der Waals surface area (Å²) in [5, 5.41) is 19.2. The summed E-state index contributed by atoms with van der Waals surface area (Å²) in [7, 11) is -3.60. The molecule has 144 valence electrons. The average Bonchev–Trinajstić information content (AvgIpc) is 2.86.